The summed E-state index contributed by atoms with van der Waals surface area (Å²) in [5.74, 6) is 0. The van der Waals surface area contributed by atoms with Crippen LogP contribution >= 0.6 is 0 Å². The average Bonchev–Trinajstić information content (AvgIpc) is 1.69. The van der Waals surface area contributed by atoms with Crippen molar-refractivity contribution in [3.05, 3.63) is 6.42 Å². The highest BCUT2D eigenvalue weighted by molar-refractivity contribution is 5.49. The third kappa shape index (κ3) is 5.67. The second kappa shape index (κ2) is 5.67. The van der Waals surface area contributed by atoms with Crippen molar-refractivity contribution in [1.29, 1.82) is 0 Å². The molecule has 0 aromatic carbocycles. The van der Waals surface area contributed by atoms with Crippen LogP contribution in [-0.4, -0.2) is 6.29 Å². The minimum atomic E-state index is 0.688. The van der Waals surface area contributed by atoms with Gasteiger partial charge in [0, 0.05) is 6.42 Å². The zero-order valence-electron chi connectivity index (χ0n) is 4.68. The molecule has 0 N–H and O–H groups in total. The van der Waals surface area contributed by atoms with Gasteiger partial charge in [-0.1, -0.05) is 13.3 Å². The lowest BCUT2D eigenvalue weighted by Crippen LogP contribution is -1.75. The van der Waals surface area contributed by atoms with Gasteiger partial charge in [0.1, 0.15) is 6.29 Å². The Balaban J connectivity index is 2.56. The first-order chi connectivity index (χ1) is 3.41. The number of hydrogen-bond donors (Lipinski definition) is 0. The van der Waals surface area contributed by atoms with E-state index < -0.39 is 0 Å². The summed E-state index contributed by atoms with van der Waals surface area (Å²) < 4.78 is 0. The highest BCUT2D eigenvalue weighted by atomic mass is 16.1. The summed E-state index contributed by atoms with van der Waals surface area (Å²) in [4.78, 5) is 9.66. The summed E-state index contributed by atoms with van der Waals surface area (Å²) in [5.41, 5.74) is 0. The van der Waals surface area contributed by atoms with Crippen LogP contribution in [0.5, 0.6) is 0 Å². The van der Waals surface area contributed by atoms with Crippen molar-refractivity contribution in [1.82, 2.24) is 0 Å². The first kappa shape index (κ1) is 6.67. The first-order valence-electron chi connectivity index (χ1n) is 2.67. The molecule has 1 radical (unpaired) electrons. The van der Waals surface area contributed by atoms with Gasteiger partial charge in [-0.25, -0.2) is 0 Å². The SMILES string of the molecule is CC[CH]CCC=O. The van der Waals surface area contributed by atoms with Crippen LogP contribution in [0.2, 0.25) is 0 Å². The Morgan fingerprint density at radius 3 is 2.57 bits per heavy atom. The first-order valence-corrected chi connectivity index (χ1v) is 2.67. The third-order valence-electron chi connectivity index (χ3n) is 0.777. The number of unbranched alkanes of at least 4 members (excludes halogenated alkanes) is 3. The Morgan fingerprint density at radius 1 is 1.43 bits per heavy atom. The van der Waals surface area contributed by atoms with Gasteiger partial charge in [0.25, 0.3) is 0 Å². The molecule has 0 aliphatic carbocycles. The van der Waals surface area contributed by atoms with Crippen molar-refractivity contribution in [2.24, 2.45) is 0 Å². The van der Waals surface area contributed by atoms with E-state index in [1.807, 2.05) is 0 Å². The van der Waals surface area contributed by atoms with Crippen LogP contribution in [0.3, 0.4) is 0 Å². The van der Waals surface area contributed by atoms with Gasteiger partial charge in [0.2, 0.25) is 0 Å². The fraction of sp³-hybridized carbons (Fsp3) is 0.667. The molecular weight excluding hydrogens is 88.1 g/mol. The van der Waals surface area contributed by atoms with Crippen LogP contribution < -0.4 is 0 Å². The molecule has 0 saturated heterocycles. The Bertz CT molecular complexity index is 41.4. The van der Waals surface area contributed by atoms with Crippen molar-refractivity contribution >= 4 is 6.29 Å². The molecule has 41 valence electrons. The van der Waals surface area contributed by atoms with Gasteiger partial charge in [-0.05, 0) is 12.8 Å². The van der Waals surface area contributed by atoms with E-state index in [2.05, 4.69) is 13.3 Å². The zero-order valence-corrected chi connectivity index (χ0v) is 4.68. The quantitative estimate of drug-likeness (QED) is 0.386. The molecule has 1 heteroatoms. The zero-order chi connectivity index (χ0) is 5.54. The Kier molecular flexibility index (Phi) is 5.40. The summed E-state index contributed by atoms with van der Waals surface area (Å²) >= 11 is 0. The lowest BCUT2D eigenvalue weighted by Gasteiger charge is -1.85. The molecule has 0 aliphatic heterocycles. The monoisotopic (exact) mass is 99.1 g/mol. The van der Waals surface area contributed by atoms with Gasteiger partial charge in [0.05, 0.1) is 0 Å². The van der Waals surface area contributed by atoms with Gasteiger partial charge >= 0.3 is 0 Å². The maximum absolute atomic E-state index is 9.66. The minimum Gasteiger partial charge on any atom is -0.303 e. The third-order valence-corrected chi connectivity index (χ3v) is 0.777. The van der Waals surface area contributed by atoms with E-state index in [9.17, 15) is 4.79 Å². The van der Waals surface area contributed by atoms with E-state index in [-0.39, 0.29) is 0 Å². The minimum absolute atomic E-state index is 0.688. The highest BCUT2D eigenvalue weighted by Crippen LogP contribution is 1.92. The van der Waals surface area contributed by atoms with Crippen LogP contribution in [0.4, 0.5) is 0 Å². The van der Waals surface area contributed by atoms with Gasteiger partial charge in [-0.3, -0.25) is 0 Å². The van der Waals surface area contributed by atoms with E-state index >= 15 is 0 Å². The lowest BCUT2D eigenvalue weighted by molar-refractivity contribution is -0.107. The van der Waals surface area contributed by atoms with Gasteiger partial charge in [-0.15, -0.1) is 0 Å². The van der Waals surface area contributed by atoms with E-state index in [1.54, 1.807) is 0 Å². The van der Waals surface area contributed by atoms with Gasteiger partial charge < -0.3 is 4.79 Å². The smallest absolute Gasteiger partial charge is 0.120 e. The number of rotatable bonds is 4. The maximum atomic E-state index is 9.66. The van der Waals surface area contributed by atoms with Crippen molar-refractivity contribution in [3.8, 4) is 0 Å². The summed E-state index contributed by atoms with van der Waals surface area (Å²) in [7, 11) is 0. The van der Waals surface area contributed by atoms with Crippen LogP contribution in [0.1, 0.15) is 26.2 Å². The molecular formula is C6H11O. The van der Waals surface area contributed by atoms with Crippen molar-refractivity contribution < 1.29 is 4.79 Å². The molecule has 0 fully saturated rings. The number of aldehydes is 1. The fourth-order valence-electron chi connectivity index (χ4n) is 0.390. The molecule has 0 aromatic rings. The van der Waals surface area contributed by atoms with E-state index in [4.69, 9.17) is 0 Å². The fourth-order valence-corrected chi connectivity index (χ4v) is 0.390. The molecule has 1 nitrogen and oxygen atoms in total. The van der Waals surface area contributed by atoms with Gasteiger partial charge in [0.15, 0.2) is 0 Å². The molecule has 0 unspecified atom stereocenters. The summed E-state index contributed by atoms with van der Waals surface area (Å²) in [6.45, 7) is 2.07. The Morgan fingerprint density at radius 2 is 2.14 bits per heavy atom. The number of carbonyl (C=O) groups is 1. The summed E-state index contributed by atoms with van der Waals surface area (Å²) in [5, 5.41) is 0. The standard InChI is InChI=1S/C6H11O/c1-2-3-4-5-6-7/h3,6H,2,4-5H2,1H3. The molecule has 0 spiro atoms. The molecule has 0 saturated carbocycles. The Hall–Kier alpha value is -0.330. The second-order valence-corrected chi connectivity index (χ2v) is 1.44. The Labute approximate surface area is 44.7 Å². The number of hydrogen-bond acceptors (Lipinski definition) is 1. The number of carbonyl (C=O) groups excluding carboxylic acids is 1. The van der Waals surface area contributed by atoms with Crippen LogP contribution in [-0.2, 0) is 4.79 Å². The largest absolute Gasteiger partial charge is 0.303 e. The summed E-state index contributed by atoms with van der Waals surface area (Å²) in [6.07, 6.45) is 5.77. The topological polar surface area (TPSA) is 17.1 Å². The van der Waals surface area contributed by atoms with Crippen molar-refractivity contribution in [3.63, 3.8) is 0 Å². The van der Waals surface area contributed by atoms with E-state index in [0.29, 0.717) is 6.42 Å². The van der Waals surface area contributed by atoms with Crippen molar-refractivity contribution in [2.75, 3.05) is 0 Å². The van der Waals surface area contributed by atoms with Crippen molar-refractivity contribution in [2.45, 2.75) is 26.2 Å². The molecule has 0 aliphatic rings. The second-order valence-electron chi connectivity index (χ2n) is 1.44. The van der Waals surface area contributed by atoms with Crippen LogP contribution in [0.15, 0.2) is 0 Å². The van der Waals surface area contributed by atoms with Crippen LogP contribution in [0, 0.1) is 6.42 Å². The van der Waals surface area contributed by atoms with E-state index in [0.717, 1.165) is 19.1 Å². The normalized spacial score (nSPS) is 8.71. The molecule has 7 heavy (non-hydrogen) atoms. The molecule has 0 heterocycles. The molecule has 0 rings (SSSR count). The highest BCUT2D eigenvalue weighted by Gasteiger charge is 1.80. The predicted molar refractivity (Wildman–Crippen MR) is 29.9 cm³/mol. The molecule has 0 bridgehead atoms. The molecule has 0 aromatic heterocycles. The summed E-state index contributed by atoms with van der Waals surface area (Å²) in [6, 6.07) is 0. The van der Waals surface area contributed by atoms with Gasteiger partial charge in [-0.2, -0.15) is 0 Å². The van der Waals surface area contributed by atoms with Crippen LogP contribution in [0.25, 0.3) is 0 Å². The predicted octanol–water partition coefficient (Wildman–Crippen LogP) is 1.58. The lowest BCUT2D eigenvalue weighted by atomic mass is 10.2. The molecule has 0 amide bonds. The average molecular weight is 99.2 g/mol. The molecule has 0 atom stereocenters. The maximum Gasteiger partial charge on any atom is 0.120 e. The van der Waals surface area contributed by atoms with E-state index in [1.165, 1.54) is 0 Å².